The summed E-state index contributed by atoms with van der Waals surface area (Å²) >= 11 is 0. The lowest BCUT2D eigenvalue weighted by molar-refractivity contribution is 0.424. The molecule has 12 heavy (non-hydrogen) atoms. The summed E-state index contributed by atoms with van der Waals surface area (Å²) in [6.07, 6.45) is 13.1. The van der Waals surface area contributed by atoms with Gasteiger partial charge in [-0.25, -0.2) is 0 Å². The molecule has 0 saturated heterocycles. The van der Waals surface area contributed by atoms with E-state index in [0.29, 0.717) is 5.92 Å². The van der Waals surface area contributed by atoms with Gasteiger partial charge in [0.15, 0.2) is 0 Å². The van der Waals surface area contributed by atoms with E-state index in [9.17, 15) is 0 Å². The van der Waals surface area contributed by atoms with E-state index in [1.165, 1.54) is 12.0 Å². The van der Waals surface area contributed by atoms with Crippen molar-refractivity contribution < 1.29 is 0 Å². The minimum absolute atomic E-state index is 0.686. The number of allylic oxidation sites excluding steroid dienone is 6. The van der Waals surface area contributed by atoms with Crippen molar-refractivity contribution >= 4 is 0 Å². The second-order valence-corrected chi connectivity index (χ2v) is 4.11. The molecule has 0 heteroatoms. The van der Waals surface area contributed by atoms with Gasteiger partial charge >= 0.3 is 0 Å². The molecule has 0 aromatic rings. The summed E-state index contributed by atoms with van der Waals surface area (Å²) in [7, 11) is 0. The summed E-state index contributed by atoms with van der Waals surface area (Å²) in [5.41, 5.74) is 1.41. The van der Waals surface area contributed by atoms with Crippen molar-refractivity contribution in [1.82, 2.24) is 0 Å². The minimum Gasteiger partial charge on any atom is -0.0851 e. The first-order valence-corrected chi connectivity index (χ1v) is 4.80. The molecule has 2 aliphatic carbocycles. The Morgan fingerprint density at radius 2 is 2.08 bits per heavy atom. The molecule has 0 amide bonds. The topological polar surface area (TPSA) is 0 Å². The Bertz CT molecular complexity index is 255. The quantitative estimate of drug-likeness (QED) is 0.477. The van der Waals surface area contributed by atoms with Crippen LogP contribution in [-0.2, 0) is 0 Å². The Morgan fingerprint density at radius 1 is 1.25 bits per heavy atom. The second kappa shape index (κ2) is 2.93. The van der Waals surface area contributed by atoms with Gasteiger partial charge in [0.1, 0.15) is 0 Å². The summed E-state index contributed by atoms with van der Waals surface area (Å²) in [5.74, 6) is 2.22. The van der Waals surface area contributed by atoms with E-state index >= 15 is 0 Å². The van der Waals surface area contributed by atoms with Crippen LogP contribution in [0.15, 0.2) is 36.0 Å². The van der Waals surface area contributed by atoms with E-state index in [4.69, 9.17) is 0 Å². The summed E-state index contributed by atoms with van der Waals surface area (Å²) in [5, 5.41) is 0. The van der Waals surface area contributed by atoms with Crippen molar-refractivity contribution in [1.29, 1.82) is 0 Å². The lowest BCUT2D eigenvalue weighted by atomic mass is 9.76. The number of rotatable bonds is 0. The Kier molecular flexibility index (Phi) is 1.92. The second-order valence-electron chi connectivity index (χ2n) is 4.11. The highest BCUT2D eigenvalue weighted by atomic mass is 14.3. The Morgan fingerprint density at radius 3 is 2.92 bits per heavy atom. The summed E-state index contributed by atoms with van der Waals surface area (Å²) in [6, 6.07) is 0. The van der Waals surface area contributed by atoms with Gasteiger partial charge in [-0.05, 0) is 25.2 Å². The molecule has 0 N–H and O–H groups in total. The molecule has 0 aliphatic heterocycles. The molecule has 0 bridgehead atoms. The molecule has 0 heterocycles. The van der Waals surface area contributed by atoms with Gasteiger partial charge in [0.2, 0.25) is 0 Å². The van der Waals surface area contributed by atoms with Gasteiger partial charge in [-0.3, -0.25) is 0 Å². The minimum atomic E-state index is 0.686. The van der Waals surface area contributed by atoms with Gasteiger partial charge in [-0.15, -0.1) is 0 Å². The van der Waals surface area contributed by atoms with Gasteiger partial charge in [0, 0.05) is 5.92 Å². The molecule has 2 rings (SSSR count). The molecular weight excluding hydrogens is 144 g/mol. The van der Waals surface area contributed by atoms with Crippen LogP contribution in [0, 0.1) is 17.8 Å². The zero-order valence-corrected chi connectivity index (χ0v) is 7.83. The van der Waals surface area contributed by atoms with E-state index in [1.807, 2.05) is 0 Å². The van der Waals surface area contributed by atoms with Crippen LogP contribution >= 0.6 is 0 Å². The maximum absolute atomic E-state index is 2.38. The predicted octanol–water partition coefficient (Wildman–Crippen LogP) is 3.33. The van der Waals surface area contributed by atoms with Gasteiger partial charge in [0.05, 0.1) is 0 Å². The van der Waals surface area contributed by atoms with Crippen molar-refractivity contribution in [3.8, 4) is 0 Å². The number of fused-ring (bicyclic) bond motifs is 1. The summed E-state index contributed by atoms with van der Waals surface area (Å²) < 4.78 is 0. The summed E-state index contributed by atoms with van der Waals surface area (Å²) in [4.78, 5) is 0. The molecule has 2 aliphatic rings. The fourth-order valence-corrected chi connectivity index (χ4v) is 2.15. The van der Waals surface area contributed by atoms with Crippen LogP contribution in [0.1, 0.15) is 20.3 Å². The standard InChI is InChI=1S/C12H16/c1-9-3-5-12-8-10(2)4-6-11(12)7-9/h3-7,10-12H,8H2,1-2H3. The lowest BCUT2D eigenvalue weighted by Crippen LogP contribution is -2.18. The molecular formula is C12H16. The van der Waals surface area contributed by atoms with Crippen LogP contribution in [0.2, 0.25) is 0 Å². The molecule has 0 aromatic carbocycles. The monoisotopic (exact) mass is 160 g/mol. The van der Waals surface area contributed by atoms with Crippen LogP contribution in [0.5, 0.6) is 0 Å². The SMILES string of the molecule is CC1=CC2C=CC(C)CC2C=C1. The fraction of sp³-hybridized carbons (Fsp3) is 0.500. The van der Waals surface area contributed by atoms with Crippen LogP contribution in [0.4, 0.5) is 0 Å². The fourth-order valence-electron chi connectivity index (χ4n) is 2.15. The smallest absolute Gasteiger partial charge is 0.00155 e. The highest BCUT2D eigenvalue weighted by Gasteiger charge is 2.22. The Hall–Kier alpha value is -0.780. The van der Waals surface area contributed by atoms with Crippen LogP contribution < -0.4 is 0 Å². The first kappa shape index (κ1) is 7.85. The van der Waals surface area contributed by atoms with Crippen molar-refractivity contribution in [2.75, 3.05) is 0 Å². The molecule has 0 saturated carbocycles. The largest absolute Gasteiger partial charge is 0.0851 e. The van der Waals surface area contributed by atoms with Gasteiger partial charge < -0.3 is 0 Å². The third-order valence-electron chi connectivity index (χ3n) is 2.86. The normalized spacial score (nSPS) is 39.2. The molecule has 3 atom stereocenters. The highest BCUT2D eigenvalue weighted by Crippen LogP contribution is 2.33. The third kappa shape index (κ3) is 1.38. The van der Waals surface area contributed by atoms with Crippen molar-refractivity contribution in [2.45, 2.75) is 20.3 Å². The first-order valence-electron chi connectivity index (χ1n) is 4.80. The lowest BCUT2D eigenvalue weighted by Gasteiger charge is -2.28. The molecule has 0 nitrogen and oxygen atoms in total. The Balaban J connectivity index is 2.22. The zero-order valence-electron chi connectivity index (χ0n) is 7.83. The molecule has 0 aromatic heterocycles. The maximum atomic E-state index is 2.38. The van der Waals surface area contributed by atoms with E-state index in [2.05, 4.69) is 44.2 Å². The van der Waals surface area contributed by atoms with E-state index in [1.54, 1.807) is 0 Å². The molecule has 64 valence electrons. The zero-order chi connectivity index (χ0) is 8.55. The van der Waals surface area contributed by atoms with E-state index in [-0.39, 0.29) is 0 Å². The number of hydrogen-bond donors (Lipinski definition) is 0. The van der Waals surface area contributed by atoms with E-state index < -0.39 is 0 Å². The molecule has 0 spiro atoms. The molecule has 0 radical (unpaired) electrons. The van der Waals surface area contributed by atoms with E-state index in [0.717, 1.165) is 11.8 Å². The highest BCUT2D eigenvalue weighted by molar-refractivity contribution is 5.27. The van der Waals surface area contributed by atoms with Crippen molar-refractivity contribution in [3.63, 3.8) is 0 Å². The van der Waals surface area contributed by atoms with Crippen molar-refractivity contribution in [3.05, 3.63) is 36.0 Å². The average molecular weight is 160 g/mol. The van der Waals surface area contributed by atoms with Crippen LogP contribution in [0.3, 0.4) is 0 Å². The molecule has 0 fully saturated rings. The van der Waals surface area contributed by atoms with Crippen LogP contribution in [-0.4, -0.2) is 0 Å². The van der Waals surface area contributed by atoms with Crippen LogP contribution in [0.25, 0.3) is 0 Å². The average Bonchev–Trinajstić information content (AvgIpc) is 2.05. The molecule has 3 unspecified atom stereocenters. The third-order valence-corrected chi connectivity index (χ3v) is 2.86. The Labute approximate surface area is 74.7 Å². The summed E-state index contributed by atoms with van der Waals surface area (Å²) in [6.45, 7) is 4.48. The maximum Gasteiger partial charge on any atom is 0.00155 e. The van der Waals surface area contributed by atoms with Gasteiger partial charge in [0.25, 0.3) is 0 Å². The van der Waals surface area contributed by atoms with Crippen molar-refractivity contribution in [2.24, 2.45) is 17.8 Å². The number of hydrogen-bond acceptors (Lipinski definition) is 0. The van der Waals surface area contributed by atoms with Gasteiger partial charge in [-0.2, -0.15) is 0 Å². The van der Waals surface area contributed by atoms with Gasteiger partial charge in [-0.1, -0.05) is 42.9 Å². The first-order chi connectivity index (χ1) is 5.75. The predicted molar refractivity (Wildman–Crippen MR) is 52.8 cm³/mol.